The zero-order valence-corrected chi connectivity index (χ0v) is 14.2. The van der Waals surface area contributed by atoms with Crippen LogP contribution in [0.5, 0.6) is 0 Å². The highest BCUT2D eigenvalue weighted by Gasteiger charge is 2.42. The fourth-order valence-electron chi connectivity index (χ4n) is 3.87. The number of morpholine rings is 1. The molecule has 2 atom stereocenters. The molecule has 24 heavy (non-hydrogen) atoms. The van der Waals surface area contributed by atoms with E-state index in [1.807, 2.05) is 16.9 Å². The van der Waals surface area contributed by atoms with Crippen molar-refractivity contribution in [3.63, 3.8) is 0 Å². The van der Waals surface area contributed by atoms with Gasteiger partial charge in [0.05, 0.1) is 25.5 Å². The fourth-order valence-corrected chi connectivity index (χ4v) is 3.87. The Labute approximate surface area is 143 Å². The van der Waals surface area contributed by atoms with Crippen LogP contribution in [0.25, 0.3) is 0 Å². The highest BCUT2D eigenvalue weighted by atomic mass is 16.6. The molecule has 1 aromatic carbocycles. The normalized spacial score (nSPS) is 27.8. The van der Waals surface area contributed by atoms with Gasteiger partial charge in [-0.3, -0.25) is 9.58 Å². The van der Waals surface area contributed by atoms with Crippen molar-refractivity contribution < 1.29 is 9.47 Å². The van der Waals surface area contributed by atoms with Gasteiger partial charge in [-0.05, 0) is 12.5 Å². The summed E-state index contributed by atoms with van der Waals surface area (Å²) in [6.45, 7) is 7.34. The summed E-state index contributed by atoms with van der Waals surface area (Å²) in [6, 6.07) is 10.4. The standard InChI is InChI=1S/C19H25N3O2/c1-16-10-21(14-19(24-16)7-8-23-15-19)11-18-9-20-22(13-18)12-17-5-3-2-4-6-17/h2-6,9,13,16H,7-8,10-12,14-15H2,1H3/t16-,19-/m1/s1. The number of rotatable bonds is 4. The van der Waals surface area contributed by atoms with Gasteiger partial charge in [0.2, 0.25) is 0 Å². The Morgan fingerprint density at radius 1 is 1.21 bits per heavy atom. The lowest BCUT2D eigenvalue weighted by molar-refractivity contribution is -0.149. The SMILES string of the molecule is C[C@@H]1CN(Cc2cnn(Cc3ccccc3)c2)C[C@@]2(CCOC2)O1. The van der Waals surface area contributed by atoms with Crippen LogP contribution in [0.15, 0.2) is 42.7 Å². The van der Waals surface area contributed by atoms with Gasteiger partial charge in [-0.1, -0.05) is 30.3 Å². The summed E-state index contributed by atoms with van der Waals surface area (Å²) in [5.41, 5.74) is 2.43. The quantitative estimate of drug-likeness (QED) is 0.864. The summed E-state index contributed by atoms with van der Waals surface area (Å²) in [7, 11) is 0. The molecule has 0 saturated carbocycles. The predicted molar refractivity (Wildman–Crippen MR) is 91.8 cm³/mol. The lowest BCUT2D eigenvalue weighted by atomic mass is 9.99. The lowest BCUT2D eigenvalue weighted by Crippen LogP contribution is -2.55. The van der Waals surface area contributed by atoms with E-state index in [0.29, 0.717) is 0 Å². The molecular weight excluding hydrogens is 302 g/mol. The van der Waals surface area contributed by atoms with Crippen LogP contribution in [0.4, 0.5) is 0 Å². The summed E-state index contributed by atoms with van der Waals surface area (Å²) < 4.78 is 13.8. The van der Waals surface area contributed by atoms with Crippen molar-refractivity contribution >= 4 is 0 Å². The third-order valence-corrected chi connectivity index (χ3v) is 4.83. The molecular formula is C19H25N3O2. The molecule has 0 amide bonds. The molecule has 1 aromatic heterocycles. The largest absolute Gasteiger partial charge is 0.378 e. The Morgan fingerprint density at radius 2 is 2.08 bits per heavy atom. The minimum Gasteiger partial charge on any atom is -0.378 e. The van der Waals surface area contributed by atoms with Gasteiger partial charge in [0.25, 0.3) is 0 Å². The van der Waals surface area contributed by atoms with Gasteiger partial charge in [-0.25, -0.2) is 0 Å². The average molecular weight is 327 g/mol. The van der Waals surface area contributed by atoms with E-state index in [0.717, 1.165) is 45.8 Å². The molecule has 128 valence electrons. The highest BCUT2D eigenvalue weighted by molar-refractivity contribution is 5.15. The van der Waals surface area contributed by atoms with Crippen molar-refractivity contribution in [1.82, 2.24) is 14.7 Å². The van der Waals surface area contributed by atoms with Gasteiger partial charge in [0.15, 0.2) is 0 Å². The molecule has 5 heteroatoms. The number of aromatic nitrogens is 2. The Bertz CT molecular complexity index is 664. The summed E-state index contributed by atoms with van der Waals surface area (Å²) in [5.74, 6) is 0. The van der Waals surface area contributed by atoms with E-state index < -0.39 is 0 Å². The van der Waals surface area contributed by atoms with Gasteiger partial charge in [-0.2, -0.15) is 5.10 Å². The van der Waals surface area contributed by atoms with Crippen LogP contribution in [0.1, 0.15) is 24.5 Å². The number of hydrogen-bond acceptors (Lipinski definition) is 4. The van der Waals surface area contributed by atoms with E-state index in [1.54, 1.807) is 0 Å². The van der Waals surface area contributed by atoms with Gasteiger partial charge in [0, 0.05) is 44.4 Å². The third-order valence-electron chi connectivity index (χ3n) is 4.83. The molecule has 5 nitrogen and oxygen atoms in total. The monoisotopic (exact) mass is 327 g/mol. The van der Waals surface area contributed by atoms with E-state index >= 15 is 0 Å². The highest BCUT2D eigenvalue weighted by Crippen LogP contribution is 2.30. The van der Waals surface area contributed by atoms with Crippen molar-refractivity contribution in [3.8, 4) is 0 Å². The first-order valence-electron chi connectivity index (χ1n) is 8.74. The second-order valence-electron chi connectivity index (χ2n) is 7.12. The van der Waals surface area contributed by atoms with E-state index in [2.05, 4.69) is 47.4 Å². The predicted octanol–water partition coefficient (Wildman–Crippen LogP) is 2.31. The molecule has 0 unspecified atom stereocenters. The maximum absolute atomic E-state index is 6.20. The van der Waals surface area contributed by atoms with Crippen molar-refractivity contribution in [2.45, 2.75) is 38.1 Å². The average Bonchev–Trinajstić information content (AvgIpc) is 3.18. The molecule has 2 aromatic rings. The topological polar surface area (TPSA) is 39.5 Å². The Hall–Kier alpha value is -1.69. The fraction of sp³-hybridized carbons (Fsp3) is 0.526. The molecule has 2 fully saturated rings. The Morgan fingerprint density at radius 3 is 2.88 bits per heavy atom. The molecule has 3 heterocycles. The first-order valence-corrected chi connectivity index (χ1v) is 8.74. The van der Waals surface area contributed by atoms with E-state index in [9.17, 15) is 0 Å². The molecule has 2 aliphatic heterocycles. The van der Waals surface area contributed by atoms with Crippen molar-refractivity contribution in [2.24, 2.45) is 0 Å². The zero-order chi connectivity index (χ0) is 16.4. The maximum Gasteiger partial charge on any atom is 0.107 e. The lowest BCUT2D eigenvalue weighted by Gasteiger charge is -2.42. The van der Waals surface area contributed by atoms with Gasteiger partial charge in [-0.15, -0.1) is 0 Å². The van der Waals surface area contributed by atoms with Crippen molar-refractivity contribution in [3.05, 3.63) is 53.9 Å². The van der Waals surface area contributed by atoms with Crippen molar-refractivity contribution in [2.75, 3.05) is 26.3 Å². The minimum absolute atomic E-state index is 0.0995. The molecule has 0 radical (unpaired) electrons. The summed E-state index contributed by atoms with van der Waals surface area (Å²) >= 11 is 0. The maximum atomic E-state index is 6.20. The molecule has 2 saturated heterocycles. The molecule has 1 spiro atoms. The van der Waals surface area contributed by atoms with Crippen LogP contribution in [0, 0.1) is 0 Å². The molecule has 0 bridgehead atoms. The number of ether oxygens (including phenoxy) is 2. The van der Waals surface area contributed by atoms with E-state index in [1.165, 1.54) is 11.1 Å². The summed E-state index contributed by atoms with van der Waals surface area (Å²) in [6.07, 6.45) is 5.40. The van der Waals surface area contributed by atoms with Gasteiger partial charge in [0.1, 0.15) is 5.60 Å². The van der Waals surface area contributed by atoms with Crippen molar-refractivity contribution in [1.29, 1.82) is 0 Å². The number of nitrogens with zero attached hydrogens (tertiary/aromatic N) is 3. The second-order valence-corrected chi connectivity index (χ2v) is 7.12. The molecule has 0 N–H and O–H groups in total. The van der Waals surface area contributed by atoms with Crippen LogP contribution in [-0.2, 0) is 22.6 Å². The first kappa shape index (κ1) is 15.8. The first-order chi connectivity index (χ1) is 11.7. The number of benzene rings is 1. The van der Waals surface area contributed by atoms with E-state index in [4.69, 9.17) is 9.47 Å². The Balaban J connectivity index is 1.40. The van der Waals surface area contributed by atoms with Gasteiger partial charge < -0.3 is 9.47 Å². The smallest absolute Gasteiger partial charge is 0.107 e. The molecule has 0 aliphatic carbocycles. The van der Waals surface area contributed by atoms with Crippen LogP contribution in [-0.4, -0.2) is 52.7 Å². The minimum atomic E-state index is -0.0995. The van der Waals surface area contributed by atoms with Crippen LogP contribution < -0.4 is 0 Å². The van der Waals surface area contributed by atoms with Crippen LogP contribution >= 0.6 is 0 Å². The zero-order valence-electron chi connectivity index (χ0n) is 14.2. The summed E-state index contributed by atoms with van der Waals surface area (Å²) in [4.78, 5) is 2.48. The van der Waals surface area contributed by atoms with Crippen LogP contribution in [0.2, 0.25) is 0 Å². The third kappa shape index (κ3) is 3.53. The molecule has 4 rings (SSSR count). The number of hydrogen-bond donors (Lipinski definition) is 0. The Kier molecular flexibility index (Phi) is 4.39. The van der Waals surface area contributed by atoms with Gasteiger partial charge >= 0.3 is 0 Å². The second kappa shape index (κ2) is 6.67. The van der Waals surface area contributed by atoms with E-state index in [-0.39, 0.29) is 11.7 Å². The van der Waals surface area contributed by atoms with Crippen LogP contribution in [0.3, 0.4) is 0 Å². The molecule has 2 aliphatic rings. The summed E-state index contributed by atoms with van der Waals surface area (Å²) in [5, 5.41) is 4.52.